The van der Waals surface area contributed by atoms with E-state index in [1.54, 1.807) is 11.8 Å². The van der Waals surface area contributed by atoms with Gasteiger partial charge < -0.3 is 15.0 Å². The van der Waals surface area contributed by atoms with E-state index >= 15 is 0 Å². The third-order valence-electron chi connectivity index (χ3n) is 5.88. The number of nitrogens with one attached hydrogen (secondary N) is 1. The van der Waals surface area contributed by atoms with Crippen LogP contribution in [0.4, 0.5) is 0 Å². The summed E-state index contributed by atoms with van der Waals surface area (Å²) in [6.07, 6.45) is 0. The molecule has 0 spiro atoms. The Morgan fingerprint density at radius 2 is 1.80 bits per heavy atom. The van der Waals surface area contributed by atoms with Gasteiger partial charge in [-0.15, -0.1) is 11.8 Å². The Bertz CT molecular complexity index is 1170. The van der Waals surface area contributed by atoms with Crippen LogP contribution >= 0.6 is 23.4 Å². The Morgan fingerprint density at radius 3 is 2.51 bits per heavy atom. The van der Waals surface area contributed by atoms with E-state index in [-0.39, 0.29) is 17.2 Å². The Balaban J connectivity index is 1.32. The Morgan fingerprint density at radius 1 is 1.09 bits per heavy atom. The summed E-state index contributed by atoms with van der Waals surface area (Å²) < 4.78 is 5.89. The van der Waals surface area contributed by atoms with E-state index in [9.17, 15) is 9.59 Å². The molecule has 3 aromatic carbocycles. The zero-order valence-corrected chi connectivity index (χ0v) is 21.4. The number of halogens is 1. The van der Waals surface area contributed by atoms with Crippen molar-refractivity contribution in [1.29, 1.82) is 0 Å². The summed E-state index contributed by atoms with van der Waals surface area (Å²) in [5.41, 5.74) is 3.77. The minimum atomic E-state index is -0.148. The van der Waals surface area contributed by atoms with Crippen LogP contribution in [0.15, 0.2) is 72.8 Å². The molecule has 0 bridgehead atoms. The highest BCUT2D eigenvalue weighted by molar-refractivity contribution is 8.00. The quantitative estimate of drug-likeness (QED) is 0.358. The van der Waals surface area contributed by atoms with Crippen LogP contribution in [0.25, 0.3) is 0 Å². The molecule has 1 N–H and O–H groups in total. The summed E-state index contributed by atoms with van der Waals surface area (Å²) in [6.45, 7) is 5.59. The summed E-state index contributed by atoms with van der Waals surface area (Å²) in [5.74, 6) is 1.63. The molecule has 0 radical (unpaired) electrons. The lowest BCUT2D eigenvalue weighted by Gasteiger charge is -2.24. The number of ether oxygens (including phenoxy) is 1. The SMILES string of the molecule is CC(C)c1ccccc1OCCNC(=O)c1ccc([C@@H]2SCC(=O)N2Cc2ccc(Cl)cc2)cc1. The minimum Gasteiger partial charge on any atom is -0.491 e. The lowest BCUT2D eigenvalue weighted by Crippen LogP contribution is -2.29. The number of rotatable bonds is 9. The monoisotopic (exact) mass is 508 g/mol. The maximum Gasteiger partial charge on any atom is 0.251 e. The van der Waals surface area contributed by atoms with Crippen molar-refractivity contribution in [2.45, 2.75) is 31.7 Å². The molecule has 5 nitrogen and oxygen atoms in total. The van der Waals surface area contributed by atoms with Gasteiger partial charge in [-0.25, -0.2) is 0 Å². The number of para-hydroxylation sites is 1. The molecule has 1 atom stereocenters. The second-order valence-electron chi connectivity index (χ2n) is 8.73. The van der Waals surface area contributed by atoms with Gasteiger partial charge in [0, 0.05) is 17.1 Å². The van der Waals surface area contributed by atoms with Crippen molar-refractivity contribution in [2.75, 3.05) is 18.9 Å². The molecule has 7 heteroatoms. The van der Waals surface area contributed by atoms with Crippen molar-refractivity contribution in [3.05, 3.63) is 100 Å². The first-order valence-corrected chi connectivity index (χ1v) is 13.1. The molecule has 1 aliphatic heterocycles. The molecular formula is C28H29ClN2O3S. The van der Waals surface area contributed by atoms with Crippen molar-refractivity contribution in [2.24, 2.45) is 0 Å². The second-order valence-corrected chi connectivity index (χ2v) is 10.2. The molecule has 0 aromatic heterocycles. The lowest BCUT2D eigenvalue weighted by molar-refractivity contribution is -0.128. The molecule has 1 aliphatic rings. The van der Waals surface area contributed by atoms with Gasteiger partial charge in [0.2, 0.25) is 5.91 Å². The van der Waals surface area contributed by atoms with Crippen molar-refractivity contribution in [3.8, 4) is 5.75 Å². The van der Waals surface area contributed by atoms with Gasteiger partial charge in [0.25, 0.3) is 5.91 Å². The first-order chi connectivity index (χ1) is 16.9. The number of hydrogen-bond acceptors (Lipinski definition) is 4. The zero-order valence-electron chi connectivity index (χ0n) is 19.9. The van der Waals surface area contributed by atoms with Crippen LogP contribution in [0.5, 0.6) is 5.75 Å². The number of hydrogen-bond donors (Lipinski definition) is 1. The predicted molar refractivity (Wildman–Crippen MR) is 142 cm³/mol. The standard InChI is InChI=1S/C28H29ClN2O3S/c1-19(2)24-5-3-4-6-25(24)34-16-15-30-27(33)21-9-11-22(12-10-21)28-31(26(32)18-35-28)17-20-7-13-23(29)14-8-20/h3-14,19,28H,15-18H2,1-2H3,(H,30,33)/t28-/m0/s1. The number of thioether (sulfide) groups is 1. The number of carbonyl (C=O) groups excluding carboxylic acids is 2. The van der Waals surface area contributed by atoms with E-state index < -0.39 is 0 Å². The topological polar surface area (TPSA) is 58.6 Å². The van der Waals surface area contributed by atoms with Crippen molar-refractivity contribution in [1.82, 2.24) is 10.2 Å². The van der Waals surface area contributed by atoms with Crippen LogP contribution in [0.1, 0.15) is 52.2 Å². The molecule has 182 valence electrons. The van der Waals surface area contributed by atoms with Crippen LogP contribution in [-0.2, 0) is 11.3 Å². The zero-order chi connectivity index (χ0) is 24.8. The van der Waals surface area contributed by atoms with E-state index in [0.717, 1.165) is 22.4 Å². The van der Waals surface area contributed by atoms with Gasteiger partial charge in [-0.05, 0) is 52.9 Å². The van der Waals surface area contributed by atoms with Crippen molar-refractivity contribution < 1.29 is 14.3 Å². The highest BCUT2D eigenvalue weighted by atomic mass is 35.5. The number of amides is 2. The Hall–Kier alpha value is -2.96. The molecule has 1 saturated heterocycles. The largest absolute Gasteiger partial charge is 0.491 e. The fourth-order valence-electron chi connectivity index (χ4n) is 4.00. The fraction of sp³-hybridized carbons (Fsp3) is 0.286. The summed E-state index contributed by atoms with van der Waals surface area (Å²) in [5, 5.41) is 3.51. The van der Waals surface area contributed by atoms with E-state index in [1.165, 1.54) is 0 Å². The van der Waals surface area contributed by atoms with Gasteiger partial charge in [0.05, 0.1) is 12.3 Å². The third-order valence-corrected chi connectivity index (χ3v) is 7.39. The molecule has 0 saturated carbocycles. The van der Waals surface area contributed by atoms with Crippen molar-refractivity contribution >= 4 is 35.2 Å². The highest BCUT2D eigenvalue weighted by Crippen LogP contribution is 2.39. The van der Waals surface area contributed by atoms with Crippen LogP contribution < -0.4 is 10.1 Å². The molecule has 3 aromatic rings. The fourth-order valence-corrected chi connectivity index (χ4v) is 5.32. The highest BCUT2D eigenvalue weighted by Gasteiger charge is 2.32. The van der Waals surface area contributed by atoms with Crippen LogP contribution in [0, 0.1) is 0 Å². The van der Waals surface area contributed by atoms with Gasteiger partial charge >= 0.3 is 0 Å². The van der Waals surface area contributed by atoms with Gasteiger partial charge in [-0.2, -0.15) is 0 Å². The van der Waals surface area contributed by atoms with E-state index in [1.807, 2.05) is 71.6 Å². The maximum absolute atomic E-state index is 12.6. The predicted octanol–water partition coefficient (Wildman–Crippen LogP) is 6.05. The smallest absolute Gasteiger partial charge is 0.251 e. The van der Waals surface area contributed by atoms with E-state index in [4.69, 9.17) is 16.3 Å². The van der Waals surface area contributed by atoms with Gasteiger partial charge in [0.1, 0.15) is 17.7 Å². The van der Waals surface area contributed by atoms with Crippen LogP contribution in [-0.4, -0.2) is 35.6 Å². The van der Waals surface area contributed by atoms with E-state index in [0.29, 0.717) is 42.0 Å². The molecule has 4 rings (SSSR count). The normalized spacial score (nSPS) is 15.5. The number of carbonyl (C=O) groups is 2. The molecular weight excluding hydrogens is 480 g/mol. The molecule has 0 unspecified atom stereocenters. The first kappa shape index (κ1) is 25.1. The van der Waals surface area contributed by atoms with Crippen LogP contribution in [0.3, 0.4) is 0 Å². The molecule has 1 heterocycles. The average Bonchev–Trinajstić information content (AvgIpc) is 3.23. The average molecular weight is 509 g/mol. The second kappa shape index (κ2) is 11.6. The van der Waals surface area contributed by atoms with Gasteiger partial charge in [-0.1, -0.05) is 67.9 Å². The first-order valence-electron chi connectivity index (χ1n) is 11.7. The Kier molecular flexibility index (Phi) is 8.37. The summed E-state index contributed by atoms with van der Waals surface area (Å²) in [4.78, 5) is 27.0. The van der Waals surface area contributed by atoms with Gasteiger partial charge in [0.15, 0.2) is 0 Å². The minimum absolute atomic E-state index is 0.0790. The molecule has 2 amide bonds. The van der Waals surface area contributed by atoms with E-state index in [2.05, 4.69) is 25.2 Å². The third kappa shape index (κ3) is 6.38. The van der Waals surface area contributed by atoms with Crippen LogP contribution in [0.2, 0.25) is 5.02 Å². The molecule has 35 heavy (non-hydrogen) atoms. The summed E-state index contributed by atoms with van der Waals surface area (Å²) in [7, 11) is 0. The van der Waals surface area contributed by atoms with Gasteiger partial charge in [-0.3, -0.25) is 9.59 Å². The Labute approximate surface area is 215 Å². The number of benzene rings is 3. The summed E-state index contributed by atoms with van der Waals surface area (Å²) >= 11 is 7.58. The summed E-state index contributed by atoms with van der Waals surface area (Å²) in [6, 6.07) is 23.0. The molecule has 1 fully saturated rings. The maximum atomic E-state index is 12.6. The lowest BCUT2D eigenvalue weighted by atomic mass is 10.0. The molecule has 0 aliphatic carbocycles. The number of nitrogens with zero attached hydrogens (tertiary/aromatic N) is 1. The van der Waals surface area contributed by atoms with Crippen molar-refractivity contribution in [3.63, 3.8) is 0 Å².